The third kappa shape index (κ3) is 1.50. The molecule has 0 unspecified atom stereocenters. The monoisotopic (exact) mass is 218 g/mol. The molecule has 1 aromatic carbocycles. The predicted octanol–water partition coefficient (Wildman–Crippen LogP) is 3.14. The zero-order valence-electron chi connectivity index (χ0n) is 8.69. The molecule has 0 aliphatic heterocycles. The summed E-state index contributed by atoms with van der Waals surface area (Å²) in [4.78, 5) is 0. The summed E-state index contributed by atoms with van der Waals surface area (Å²) in [6.45, 7) is 0. The molecule has 2 aromatic rings. The average Bonchev–Trinajstić information content (AvgIpc) is 2.65. The van der Waals surface area contributed by atoms with Gasteiger partial charge < -0.3 is 4.42 Å². The van der Waals surface area contributed by atoms with Crippen LogP contribution in [0.2, 0.25) is 0 Å². The minimum atomic E-state index is -0.327. The molecule has 0 spiro atoms. The standard InChI is InChI=1S/C12H11FN2O/c13-10-7-2-1-6-9(10)12-15-14-11(16-12)8-4-3-5-8/h1-2,6-8H,3-5H2. The minimum absolute atomic E-state index is 0.278. The van der Waals surface area contributed by atoms with Gasteiger partial charge in [0, 0.05) is 5.92 Å². The van der Waals surface area contributed by atoms with Crippen LogP contribution in [0.3, 0.4) is 0 Å². The van der Waals surface area contributed by atoms with Crippen molar-refractivity contribution < 1.29 is 8.81 Å². The lowest BCUT2D eigenvalue weighted by molar-refractivity contribution is 0.338. The van der Waals surface area contributed by atoms with Gasteiger partial charge in [-0.25, -0.2) is 4.39 Å². The van der Waals surface area contributed by atoms with Crippen LogP contribution in [0.25, 0.3) is 11.5 Å². The van der Waals surface area contributed by atoms with Gasteiger partial charge in [-0.15, -0.1) is 10.2 Å². The van der Waals surface area contributed by atoms with E-state index in [1.807, 2.05) is 0 Å². The first-order chi connectivity index (χ1) is 7.84. The second-order valence-corrected chi connectivity index (χ2v) is 4.05. The maximum Gasteiger partial charge on any atom is 0.250 e. The molecule has 0 atom stereocenters. The quantitative estimate of drug-likeness (QED) is 0.777. The normalized spacial score (nSPS) is 16.1. The smallest absolute Gasteiger partial charge is 0.250 e. The van der Waals surface area contributed by atoms with Crippen molar-refractivity contribution in [3.63, 3.8) is 0 Å². The van der Waals surface area contributed by atoms with Gasteiger partial charge >= 0.3 is 0 Å². The van der Waals surface area contributed by atoms with Crippen LogP contribution in [0.4, 0.5) is 4.39 Å². The van der Waals surface area contributed by atoms with Crippen molar-refractivity contribution in [3.8, 4) is 11.5 Å². The summed E-state index contributed by atoms with van der Waals surface area (Å²) in [6.07, 6.45) is 3.40. The van der Waals surface area contributed by atoms with Gasteiger partial charge in [0.1, 0.15) is 5.82 Å². The molecule has 3 nitrogen and oxygen atoms in total. The summed E-state index contributed by atoms with van der Waals surface area (Å²) >= 11 is 0. The minimum Gasteiger partial charge on any atom is -0.420 e. The summed E-state index contributed by atoms with van der Waals surface area (Å²) in [6, 6.07) is 6.43. The highest BCUT2D eigenvalue weighted by atomic mass is 19.1. The van der Waals surface area contributed by atoms with Crippen molar-refractivity contribution >= 4 is 0 Å². The molecule has 3 rings (SSSR count). The zero-order valence-corrected chi connectivity index (χ0v) is 8.69. The maximum absolute atomic E-state index is 13.5. The van der Waals surface area contributed by atoms with Gasteiger partial charge in [0.2, 0.25) is 5.89 Å². The summed E-state index contributed by atoms with van der Waals surface area (Å²) < 4.78 is 18.9. The van der Waals surface area contributed by atoms with Crippen LogP contribution in [-0.2, 0) is 0 Å². The lowest BCUT2D eigenvalue weighted by Gasteiger charge is -2.20. The first kappa shape index (κ1) is 9.51. The second-order valence-electron chi connectivity index (χ2n) is 4.05. The molecule has 82 valence electrons. The van der Waals surface area contributed by atoms with Crippen molar-refractivity contribution in [2.45, 2.75) is 25.2 Å². The van der Waals surface area contributed by atoms with Gasteiger partial charge in [0.05, 0.1) is 5.56 Å². The van der Waals surface area contributed by atoms with E-state index in [2.05, 4.69) is 10.2 Å². The van der Waals surface area contributed by atoms with E-state index in [0.717, 1.165) is 12.8 Å². The van der Waals surface area contributed by atoms with Crippen molar-refractivity contribution in [2.75, 3.05) is 0 Å². The second kappa shape index (κ2) is 3.70. The molecule has 1 aliphatic carbocycles. The molecule has 0 radical (unpaired) electrons. The number of nitrogens with zero attached hydrogens (tertiary/aromatic N) is 2. The highest BCUT2D eigenvalue weighted by Crippen LogP contribution is 2.36. The van der Waals surface area contributed by atoms with E-state index >= 15 is 0 Å². The molecule has 16 heavy (non-hydrogen) atoms. The number of halogens is 1. The molecule has 0 saturated heterocycles. The Labute approximate surface area is 92.3 Å². The fourth-order valence-electron chi connectivity index (χ4n) is 1.80. The molecule has 1 aromatic heterocycles. The van der Waals surface area contributed by atoms with Gasteiger partial charge in [0.15, 0.2) is 0 Å². The number of aromatic nitrogens is 2. The Bertz CT molecular complexity index is 505. The fraction of sp³-hybridized carbons (Fsp3) is 0.333. The maximum atomic E-state index is 13.5. The summed E-state index contributed by atoms with van der Waals surface area (Å²) in [5.74, 6) is 0.976. The van der Waals surface area contributed by atoms with Gasteiger partial charge in [0.25, 0.3) is 5.89 Å². The molecule has 0 amide bonds. The Morgan fingerprint density at radius 2 is 2.00 bits per heavy atom. The van der Waals surface area contributed by atoms with Crippen molar-refractivity contribution in [3.05, 3.63) is 36.0 Å². The van der Waals surface area contributed by atoms with Crippen molar-refractivity contribution in [1.82, 2.24) is 10.2 Å². The van der Waals surface area contributed by atoms with Crippen LogP contribution in [0, 0.1) is 5.82 Å². The van der Waals surface area contributed by atoms with Crippen LogP contribution >= 0.6 is 0 Å². The van der Waals surface area contributed by atoms with Crippen LogP contribution < -0.4 is 0 Å². The van der Waals surface area contributed by atoms with Crippen LogP contribution in [0.5, 0.6) is 0 Å². The third-order valence-electron chi connectivity index (χ3n) is 3.00. The molecule has 0 N–H and O–H groups in total. The largest absolute Gasteiger partial charge is 0.420 e. The molecule has 4 heteroatoms. The van der Waals surface area contributed by atoms with E-state index in [1.165, 1.54) is 12.5 Å². The van der Waals surface area contributed by atoms with Crippen molar-refractivity contribution in [1.29, 1.82) is 0 Å². The molecule has 1 saturated carbocycles. The highest BCUT2D eigenvalue weighted by Gasteiger charge is 2.25. The van der Waals surface area contributed by atoms with E-state index in [4.69, 9.17) is 4.42 Å². The Morgan fingerprint density at radius 1 is 1.19 bits per heavy atom. The lowest BCUT2D eigenvalue weighted by atomic mass is 9.85. The molecule has 1 heterocycles. The highest BCUT2D eigenvalue weighted by molar-refractivity contribution is 5.53. The molecular weight excluding hydrogens is 207 g/mol. The molecular formula is C12H11FN2O. The van der Waals surface area contributed by atoms with E-state index < -0.39 is 0 Å². The molecule has 0 bridgehead atoms. The Balaban J connectivity index is 1.95. The van der Waals surface area contributed by atoms with Crippen molar-refractivity contribution in [2.24, 2.45) is 0 Å². The van der Waals surface area contributed by atoms with E-state index in [9.17, 15) is 4.39 Å². The first-order valence-corrected chi connectivity index (χ1v) is 5.43. The number of rotatable bonds is 2. The number of hydrogen-bond donors (Lipinski definition) is 0. The first-order valence-electron chi connectivity index (χ1n) is 5.43. The van der Waals surface area contributed by atoms with Crippen LogP contribution in [0.15, 0.2) is 28.7 Å². The topological polar surface area (TPSA) is 38.9 Å². The van der Waals surface area contributed by atoms with Gasteiger partial charge in [-0.2, -0.15) is 0 Å². The van der Waals surface area contributed by atoms with E-state index in [1.54, 1.807) is 18.2 Å². The Kier molecular flexibility index (Phi) is 2.20. The molecule has 1 aliphatic rings. The van der Waals surface area contributed by atoms with Gasteiger partial charge in [-0.1, -0.05) is 18.6 Å². The third-order valence-corrected chi connectivity index (χ3v) is 3.00. The van der Waals surface area contributed by atoms with E-state index in [0.29, 0.717) is 17.4 Å². The fourth-order valence-corrected chi connectivity index (χ4v) is 1.80. The predicted molar refractivity (Wildman–Crippen MR) is 56.3 cm³/mol. The van der Waals surface area contributed by atoms with Gasteiger partial charge in [-0.05, 0) is 25.0 Å². The van der Waals surface area contributed by atoms with E-state index in [-0.39, 0.29) is 11.7 Å². The average molecular weight is 218 g/mol. The Morgan fingerprint density at radius 3 is 2.69 bits per heavy atom. The SMILES string of the molecule is Fc1ccccc1-c1nnc(C2CCC2)o1. The summed E-state index contributed by atoms with van der Waals surface area (Å²) in [5, 5.41) is 7.87. The Hall–Kier alpha value is -1.71. The molecule has 1 fully saturated rings. The van der Waals surface area contributed by atoms with Crippen LogP contribution in [0.1, 0.15) is 31.1 Å². The summed E-state index contributed by atoms with van der Waals surface area (Å²) in [7, 11) is 0. The summed E-state index contributed by atoms with van der Waals surface area (Å²) in [5.41, 5.74) is 0.376. The number of hydrogen-bond acceptors (Lipinski definition) is 3. The lowest BCUT2D eigenvalue weighted by Crippen LogP contribution is -2.08. The van der Waals surface area contributed by atoms with Crippen LogP contribution in [-0.4, -0.2) is 10.2 Å². The van der Waals surface area contributed by atoms with Gasteiger partial charge in [-0.3, -0.25) is 0 Å². The zero-order chi connectivity index (χ0) is 11.0. The number of benzene rings is 1.